The highest BCUT2D eigenvalue weighted by atomic mass is 79.9. The quantitative estimate of drug-likeness (QED) is 0.134. The zero-order chi connectivity index (χ0) is 30.7. The Morgan fingerprint density at radius 1 is 1.04 bits per heavy atom. The number of nitrogens with zero attached hydrogens (tertiary/aromatic N) is 1. The average Bonchev–Trinajstić information content (AvgIpc) is 3.60. The normalized spacial score (nSPS) is 25.9. The molecule has 1 aliphatic carbocycles. The first kappa shape index (κ1) is 34.0. The summed E-state index contributed by atoms with van der Waals surface area (Å²) in [6, 6.07) is 16.3. The van der Waals surface area contributed by atoms with Gasteiger partial charge in [0.05, 0.1) is 37.9 Å². The minimum Gasteiger partial charge on any atom is -1.00 e. The highest BCUT2D eigenvalue weighted by molar-refractivity contribution is 5.87. The fraction of sp³-hybridized carbons (Fsp3) is 0.571. The number of phenolic OH excluding ortho intramolecular Hbond substituents is 1. The third kappa shape index (κ3) is 7.48. The summed E-state index contributed by atoms with van der Waals surface area (Å²) >= 11 is 0. The minimum absolute atomic E-state index is 0. The molecule has 45 heavy (non-hydrogen) atoms. The Kier molecular flexibility index (Phi) is 11.1. The van der Waals surface area contributed by atoms with Gasteiger partial charge in [-0.25, -0.2) is 0 Å². The number of aliphatic hydroxyl groups excluding tert-OH is 1. The van der Waals surface area contributed by atoms with E-state index >= 15 is 0 Å². The summed E-state index contributed by atoms with van der Waals surface area (Å²) in [7, 11) is 0. The maximum absolute atomic E-state index is 12.0. The summed E-state index contributed by atoms with van der Waals surface area (Å²) in [6.07, 6.45) is 5.79. The maximum atomic E-state index is 12.0. The third-order valence-corrected chi connectivity index (χ3v) is 10.7. The first-order valence-corrected chi connectivity index (χ1v) is 16.4. The van der Waals surface area contributed by atoms with Gasteiger partial charge in [-0.05, 0) is 48.9 Å². The number of benzene rings is 2. The van der Waals surface area contributed by atoms with Crippen LogP contribution in [0.1, 0.15) is 62.7 Å². The molecule has 5 N–H and O–H groups in total. The number of phenols is 1. The van der Waals surface area contributed by atoms with Gasteiger partial charge < -0.3 is 51.2 Å². The molecule has 246 valence electrons. The van der Waals surface area contributed by atoms with Crippen molar-refractivity contribution >= 4 is 10.9 Å². The van der Waals surface area contributed by atoms with E-state index in [4.69, 9.17) is 9.47 Å². The standard InChI is InChI=1S/C35H47N3O6.BrH/c1-24(36-21-31(40)28-11-13-30(39)34-29(28)12-14-33(41)37-34)43-20-19-38-17-15-25(16-18-38)32(22-38)44-23-35(42,27-9-5-6-10-27)26-7-3-2-4-8-26;/h2-4,7-8,11-14,24-25,27,31-32,36,40,42H,5-6,9-10,15-23H2,1H3,(H-,37,39,41);1H/t24?,25?,31-,32-,35+,38?;/m0./s1. The lowest BCUT2D eigenvalue weighted by Gasteiger charge is -2.53. The number of nitrogens with one attached hydrogen (secondary N) is 2. The van der Waals surface area contributed by atoms with E-state index in [2.05, 4.69) is 10.3 Å². The molecule has 4 heterocycles. The first-order valence-electron chi connectivity index (χ1n) is 16.4. The van der Waals surface area contributed by atoms with Gasteiger partial charge in [0.25, 0.3) is 0 Å². The molecule has 4 aliphatic rings. The molecule has 2 bridgehead atoms. The summed E-state index contributed by atoms with van der Waals surface area (Å²) in [5.74, 6) is 0.767. The SMILES string of the molecule is CC(NC[C@H](O)c1ccc(O)c2[nH]c(=O)ccc12)OCC[N+]12CCC(CC1)[C@@H](OC[C@@](O)(c1ccccc1)C1CCCC1)C2.[Br-]. The van der Waals surface area contributed by atoms with E-state index in [0.29, 0.717) is 35.6 Å². The molecule has 0 spiro atoms. The number of aromatic hydroxyl groups is 1. The number of halogens is 1. The Hall–Kier alpha value is -2.31. The van der Waals surface area contributed by atoms with E-state index in [1.165, 1.54) is 25.0 Å². The molecule has 7 rings (SSSR count). The Balaban J connectivity index is 0.00000400. The second kappa shape index (κ2) is 14.6. The zero-order valence-electron chi connectivity index (χ0n) is 26.2. The van der Waals surface area contributed by atoms with Crippen molar-refractivity contribution in [3.8, 4) is 5.75 Å². The molecule has 1 saturated carbocycles. The van der Waals surface area contributed by atoms with Crippen LogP contribution in [0.2, 0.25) is 0 Å². The van der Waals surface area contributed by atoms with Gasteiger partial charge in [-0.2, -0.15) is 0 Å². The maximum Gasteiger partial charge on any atom is 0.248 e. The number of hydrogen-bond donors (Lipinski definition) is 5. The van der Waals surface area contributed by atoms with Crippen LogP contribution < -0.4 is 27.9 Å². The number of fused-ring (bicyclic) bond motifs is 4. The number of H-pyrrole nitrogens is 1. The van der Waals surface area contributed by atoms with Crippen molar-refractivity contribution < 1.29 is 46.3 Å². The van der Waals surface area contributed by atoms with Crippen molar-refractivity contribution in [1.82, 2.24) is 10.3 Å². The molecule has 3 aliphatic heterocycles. The van der Waals surface area contributed by atoms with E-state index < -0.39 is 11.7 Å². The fourth-order valence-corrected chi connectivity index (χ4v) is 7.94. The van der Waals surface area contributed by atoms with Crippen LogP contribution >= 0.6 is 0 Å². The van der Waals surface area contributed by atoms with Gasteiger partial charge in [-0.15, -0.1) is 0 Å². The number of aromatic nitrogens is 1. The lowest BCUT2D eigenvalue weighted by atomic mass is 9.80. The molecule has 1 aromatic heterocycles. The summed E-state index contributed by atoms with van der Waals surface area (Å²) in [5, 5.41) is 36.9. The van der Waals surface area contributed by atoms with Crippen LogP contribution in [0.25, 0.3) is 10.9 Å². The number of rotatable bonds is 13. The molecule has 3 saturated heterocycles. The van der Waals surface area contributed by atoms with E-state index in [1.54, 1.807) is 12.1 Å². The molecule has 10 heteroatoms. The van der Waals surface area contributed by atoms with Crippen molar-refractivity contribution in [1.29, 1.82) is 0 Å². The van der Waals surface area contributed by atoms with Crippen LogP contribution in [-0.2, 0) is 15.1 Å². The Bertz CT molecular complexity index is 1460. The molecule has 0 amide bonds. The zero-order valence-corrected chi connectivity index (χ0v) is 27.8. The Morgan fingerprint density at radius 2 is 1.78 bits per heavy atom. The average molecular weight is 687 g/mol. The summed E-state index contributed by atoms with van der Waals surface area (Å²) in [4.78, 5) is 14.4. The number of quaternary nitrogens is 1. The van der Waals surface area contributed by atoms with Crippen LogP contribution in [0.15, 0.2) is 59.4 Å². The predicted octanol–water partition coefficient (Wildman–Crippen LogP) is 0.927. The van der Waals surface area contributed by atoms with Gasteiger partial charge in [0.2, 0.25) is 5.56 Å². The number of hydrogen-bond acceptors (Lipinski definition) is 7. The summed E-state index contributed by atoms with van der Waals surface area (Å²) < 4.78 is 13.8. The second-order valence-electron chi connectivity index (χ2n) is 13.4. The molecule has 2 aromatic carbocycles. The highest BCUT2D eigenvalue weighted by Crippen LogP contribution is 2.42. The van der Waals surface area contributed by atoms with Crippen LogP contribution in [0.4, 0.5) is 0 Å². The van der Waals surface area contributed by atoms with Crippen molar-refractivity contribution in [2.75, 3.05) is 45.9 Å². The molecular weight excluding hydrogens is 638 g/mol. The number of aromatic amines is 1. The van der Waals surface area contributed by atoms with Gasteiger partial charge in [0, 0.05) is 36.8 Å². The van der Waals surface area contributed by atoms with Crippen molar-refractivity contribution in [2.45, 2.75) is 69.5 Å². The van der Waals surface area contributed by atoms with Gasteiger partial charge in [-0.1, -0.05) is 49.2 Å². The Morgan fingerprint density at radius 3 is 2.51 bits per heavy atom. The predicted molar refractivity (Wildman–Crippen MR) is 169 cm³/mol. The van der Waals surface area contributed by atoms with E-state index in [0.717, 1.165) is 61.9 Å². The van der Waals surface area contributed by atoms with Crippen LogP contribution in [0, 0.1) is 11.8 Å². The molecule has 9 nitrogen and oxygen atoms in total. The number of pyridine rings is 1. The smallest absolute Gasteiger partial charge is 0.248 e. The second-order valence-corrected chi connectivity index (χ2v) is 13.4. The molecule has 4 atom stereocenters. The van der Waals surface area contributed by atoms with E-state index in [1.807, 2.05) is 37.3 Å². The van der Waals surface area contributed by atoms with Gasteiger partial charge in [0.1, 0.15) is 36.8 Å². The van der Waals surface area contributed by atoms with Gasteiger partial charge in [-0.3, -0.25) is 10.1 Å². The largest absolute Gasteiger partial charge is 1.00 e. The Labute approximate surface area is 275 Å². The number of ether oxygens (including phenoxy) is 2. The molecule has 4 fully saturated rings. The minimum atomic E-state index is -0.937. The van der Waals surface area contributed by atoms with E-state index in [-0.39, 0.29) is 53.1 Å². The van der Waals surface area contributed by atoms with Crippen molar-refractivity contribution in [3.05, 3.63) is 76.1 Å². The van der Waals surface area contributed by atoms with Crippen LogP contribution in [0.5, 0.6) is 5.75 Å². The molecule has 1 unspecified atom stereocenters. The summed E-state index contributed by atoms with van der Waals surface area (Å²) in [5.41, 5.74) is 0.683. The van der Waals surface area contributed by atoms with E-state index in [9.17, 15) is 20.1 Å². The van der Waals surface area contributed by atoms with Crippen LogP contribution in [-0.4, -0.2) is 83.1 Å². The van der Waals surface area contributed by atoms with Crippen molar-refractivity contribution in [2.24, 2.45) is 11.8 Å². The topological polar surface area (TPSA) is 124 Å². The first-order chi connectivity index (χ1) is 21.3. The number of aliphatic hydroxyl groups is 2. The van der Waals surface area contributed by atoms with Gasteiger partial charge >= 0.3 is 0 Å². The monoisotopic (exact) mass is 685 g/mol. The lowest BCUT2D eigenvalue weighted by molar-refractivity contribution is -0.946. The summed E-state index contributed by atoms with van der Waals surface area (Å²) in [6.45, 7) is 7.30. The fourth-order valence-electron chi connectivity index (χ4n) is 7.94. The van der Waals surface area contributed by atoms with Crippen LogP contribution in [0.3, 0.4) is 0 Å². The molecule has 3 aromatic rings. The molecular formula is C35H48BrN3O6. The molecule has 0 radical (unpaired) electrons. The third-order valence-electron chi connectivity index (χ3n) is 10.7. The van der Waals surface area contributed by atoms with Gasteiger partial charge in [0.15, 0.2) is 0 Å². The lowest BCUT2D eigenvalue weighted by Crippen LogP contribution is -3.00. The highest BCUT2D eigenvalue weighted by Gasteiger charge is 2.48. The van der Waals surface area contributed by atoms with Crippen molar-refractivity contribution in [3.63, 3.8) is 0 Å². The number of piperidine rings is 3.